The highest BCUT2D eigenvalue weighted by atomic mass is 16.3. The van der Waals surface area contributed by atoms with Crippen LogP contribution in [0.1, 0.15) is 58.3 Å². The number of aliphatic hydroxyl groups excluding tert-OH is 1. The van der Waals surface area contributed by atoms with Gasteiger partial charge >= 0.3 is 0 Å². The number of nitrogens with zero attached hydrogens (tertiary/aromatic N) is 2. The second-order valence-electron chi connectivity index (χ2n) is 5.19. The average molecular weight is 266 g/mol. The lowest BCUT2D eigenvalue weighted by Crippen LogP contribution is -2.30. The predicted molar refractivity (Wildman–Crippen MR) is 82.7 cm³/mol. The van der Waals surface area contributed by atoms with E-state index in [2.05, 4.69) is 29.0 Å². The van der Waals surface area contributed by atoms with Crippen LogP contribution in [0.25, 0.3) is 0 Å². The molecule has 0 aromatic rings. The summed E-state index contributed by atoms with van der Waals surface area (Å²) < 4.78 is 0. The van der Waals surface area contributed by atoms with E-state index in [0.717, 1.165) is 32.5 Å². The van der Waals surface area contributed by atoms with E-state index >= 15 is 0 Å². The summed E-state index contributed by atoms with van der Waals surface area (Å²) in [7, 11) is 0. The summed E-state index contributed by atoms with van der Waals surface area (Å²) in [6, 6.07) is 0. The minimum atomic E-state index is 0.240. The van der Waals surface area contributed by atoms with Gasteiger partial charge < -0.3 is 10.0 Å². The molecule has 1 N–H and O–H groups in total. The third-order valence-electron chi connectivity index (χ3n) is 3.57. The Kier molecular flexibility index (Phi) is 9.42. The Morgan fingerprint density at radius 1 is 1.16 bits per heavy atom. The maximum absolute atomic E-state index is 8.97. The summed E-state index contributed by atoms with van der Waals surface area (Å²) in [5.41, 5.74) is 0. The second-order valence-corrected chi connectivity index (χ2v) is 5.19. The first-order chi connectivity index (χ1) is 9.38. The minimum absolute atomic E-state index is 0.240. The standard InChI is InChI=1S/C16H30N2O/c1-2-3-4-5-6-7-8-9-10-11-16-17-12-13-18(16)14-15-19/h3-4,19H,2,5-15H2,1H3/b4-3+. The van der Waals surface area contributed by atoms with Crippen LogP contribution in [0.2, 0.25) is 0 Å². The largest absolute Gasteiger partial charge is 0.395 e. The van der Waals surface area contributed by atoms with Crippen molar-refractivity contribution in [2.24, 2.45) is 4.99 Å². The van der Waals surface area contributed by atoms with Crippen molar-refractivity contribution in [3.05, 3.63) is 12.2 Å². The summed E-state index contributed by atoms with van der Waals surface area (Å²) in [6.45, 7) is 5.09. The molecule has 0 aromatic heterocycles. The van der Waals surface area contributed by atoms with E-state index in [9.17, 15) is 0 Å². The summed E-state index contributed by atoms with van der Waals surface area (Å²) in [5, 5.41) is 8.97. The van der Waals surface area contributed by atoms with Crippen LogP contribution < -0.4 is 0 Å². The van der Waals surface area contributed by atoms with E-state index in [4.69, 9.17) is 5.11 Å². The molecular weight excluding hydrogens is 236 g/mol. The van der Waals surface area contributed by atoms with Crippen LogP contribution in [0.15, 0.2) is 17.1 Å². The predicted octanol–water partition coefficient (Wildman–Crippen LogP) is 3.39. The van der Waals surface area contributed by atoms with Gasteiger partial charge in [0.05, 0.1) is 19.0 Å². The molecule has 3 heteroatoms. The van der Waals surface area contributed by atoms with Crippen LogP contribution >= 0.6 is 0 Å². The van der Waals surface area contributed by atoms with Gasteiger partial charge in [-0.3, -0.25) is 4.99 Å². The fourth-order valence-corrected chi connectivity index (χ4v) is 2.49. The smallest absolute Gasteiger partial charge is 0.0991 e. The molecule has 1 heterocycles. The lowest BCUT2D eigenvalue weighted by atomic mass is 10.1. The van der Waals surface area contributed by atoms with Crippen molar-refractivity contribution in [2.75, 3.05) is 26.2 Å². The second kappa shape index (κ2) is 11.0. The molecule has 0 atom stereocenters. The van der Waals surface area contributed by atoms with Gasteiger partial charge in [-0.15, -0.1) is 0 Å². The maximum Gasteiger partial charge on any atom is 0.0991 e. The van der Waals surface area contributed by atoms with Gasteiger partial charge in [-0.2, -0.15) is 0 Å². The van der Waals surface area contributed by atoms with Crippen LogP contribution in [-0.2, 0) is 0 Å². The molecule has 0 saturated heterocycles. The minimum Gasteiger partial charge on any atom is -0.395 e. The molecule has 0 saturated carbocycles. The van der Waals surface area contributed by atoms with Crippen LogP contribution in [0.3, 0.4) is 0 Å². The monoisotopic (exact) mass is 266 g/mol. The molecule has 0 spiro atoms. The molecule has 3 nitrogen and oxygen atoms in total. The van der Waals surface area contributed by atoms with E-state index in [0.29, 0.717) is 0 Å². The van der Waals surface area contributed by atoms with Crippen molar-refractivity contribution < 1.29 is 5.11 Å². The Bertz CT molecular complexity index is 274. The van der Waals surface area contributed by atoms with Crippen molar-refractivity contribution >= 4 is 5.84 Å². The summed E-state index contributed by atoms with van der Waals surface area (Å²) in [4.78, 5) is 6.76. The van der Waals surface area contributed by atoms with Gasteiger partial charge in [-0.1, -0.05) is 38.3 Å². The van der Waals surface area contributed by atoms with Crippen LogP contribution in [0.4, 0.5) is 0 Å². The topological polar surface area (TPSA) is 35.8 Å². The zero-order valence-electron chi connectivity index (χ0n) is 12.5. The Morgan fingerprint density at radius 3 is 2.74 bits per heavy atom. The third-order valence-corrected chi connectivity index (χ3v) is 3.57. The van der Waals surface area contributed by atoms with Gasteiger partial charge in [0.1, 0.15) is 0 Å². The molecule has 0 bridgehead atoms. The van der Waals surface area contributed by atoms with Crippen LogP contribution in [0, 0.1) is 0 Å². The van der Waals surface area contributed by atoms with E-state index in [-0.39, 0.29) is 6.61 Å². The molecule has 0 unspecified atom stereocenters. The summed E-state index contributed by atoms with van der Waals surface area (Å²) in [6.07, 6.45) is 14.6. The molecule has 0 aliphatic carbocycles. The van der Waals surface area contributed by atoms with Gasteiger partial charge in [0.25, 0.3) is 0 Å². The molecule has 110 valence electrons. The highest BCUT2D eigenvalue weighted by Crippen LogP contribution is 2.12. The van der Waals surface area contributed by atoms with E-state index in [1.54, 1.807) is 0 Å². The highest BCUT2D eigenvalue weighted by molar-refractivity contribution is 5.83. The number of aliphatic hydroxyl groups is 1. The molecule has 0 fully saturated rings. The molecular formula is C16H30N2O. The molecule has 0 aromatic carbocycles. The van der Waals surface area contributed by atoms with Crippen molar-refractivity contribution in [1.29, 1.82) is 0 Å². The van der Waals surface area contributed by atoms with Crippen molar-refractivity contribution in [1.82, 2.24) is 4.90 Å². The highest BCUT2D eigenvalue weighted by Gasteiger charge is 2.14. The maximum atomic E-state index is 8.97. The number of hydrogen-bond donors (Lipinski definition) is 1. The Labute approximate surface area is 118 Å². The lowest BCUT2D eigenvalue weighted by molar-refractivity contribution is 0.255. The number of hydrogen-bond acceptors (Lipinski definition) is 3. The summed E-state index contributed by atoms with van der Waals surface area (Å²) in [5.74, 6) is 1.22. The first-order valence-corrected chi connectivity index (χ1v) is 7.92. The number of allylic oxidation sites excluding steroid dienone is 2. The zero-order valence-corrected chi connectivity index (χ0v) is 12.5. The van der Waals surface area contributed by atoms with E-state index in [1.165, 1.54) is 44.4 Å². The molecule has 0 radical (unpaired) electrons. The van der Waals surface area contributed by atoms with Gasteiger partial charge in [0, 0.05) is 19.5 Å². The van der Waals surface area contributed by atoms with Gasteiger partial charge in [0.2, 0.25) is 0 Å². The normalized spacial score (nSPS) is 15.5. The number of rotatable bonds is 11. The Morgan fingerprint density at radius 2 is 1.95 bits per heavy atom. The fraction of sp³-hybridized carbons (Fsp3) is 0.812. The quantitative estimate of drug-likeness (QED) is 0.459. The number of β-amino-alcohol motifs (C(OH)–C–C–N with tert-alkyl or cyclic N) is 1. The number of amidine groups is 1. The molecule has 19 heavy (non-hydrogen) atoms. The number of aliphatic imine (C=N–C) groups is 1. The Balaban J connectivity index is 1.94. The lowest BCUT2D eigenvalue weighted by Gasteiger charge is -2.18. The molecule has 1 aliphatic heterocycles. The van der Waals surface area contributed by atoms with Crippen LogP contribution in [-0.4, -0.2) is 42.1 Å². The fourth-order valence-electron chi connectivity index (χ4n) is 2.49. The van der Waals surface area contributed by atoms with Crippen molar-refractivity contribution in [3.63, 3.8) is 0 Å². The summed E-state index contributed by atoms with van der Waals surface area (Å²) >= 11 is 0. The third kappa shape index (κ3) is 7.36. The van der Waals surface area contributed by atoms with Gasteiger partial charge in [0.15, 0.2) is 0 Å². The zero-order chi connectivity index (χ0) is 13.8. The molecule has 1 rings (SSSR count). The van der Waals surface area contributed by atoms with Gasteiger partial charge in [-0.05, 0) is 25.7 Å². The first-order valence-electron chi connectivity index (χ1n) is 7.92. The molecule has 0 amide bonds. The van der Waals surface area contributed by atoms with Crippen molar-refractivity contribution in [3.8, 4) is 0 Å². The first kappa shape index (κ1) is 16.2. The average Bonchev–Trinajstić information content (AvgIpc) is 2.85. The SMILES string of the molecule is CC/C=C/CCCCCCCC1=NCCN1CCO. The Hall–Kier alpha value is -0.830. The number of unbranched alkanes of at least 4 members (excludes halogenated alkanes) is 5. The molecule has 1 aliphatic rings. The van der Waals surface area contributed by atoms with E-state index in [1.807, 2.05) is 0 Å². The van der Waals surface area contributed by atoms with E-state index < -0.39 is 0 Å². The van der Waals surface area contributed by atoms with Gasteiger partial charge in [-0.25, -0.2) is 0 Å². The van der Waals surface area contributed by atoms with Crippen molar-refractivity contribution in [2.45, 2.75) is 58.3 Å². The van der Waals surface area contributed by atoms with Crippen LogP contribution in [0.5, 0.6) is 0 Å².